The third-order valence-corrected chi connectivity index (χ3v) is 5.13. The quantitative estimate of drug-likeness (QED) is 0.588. The predicted octanol–water partition coefficient (Wildman–Crippen LogP) is 3.90. The van der Waals surface area contributed by atoms with E-state index in [4.69, 9.17) is 16.3 Å². The molecule has 140 valence electrons. The molecule has 6 nitrogen and oxygen atoms in total. The second-order valence-corrected chi connectivity index (χ2v) is 7.68. The number of carbonyl (C=O) groups excluding carboxylic acids is 2. The molecular weight excluding hydrogens is 342 g/mol. The Morgan fingerprint density at radius 1 is 1.28 bits per heavy atom. The lowest BCUT2D eigenvalue weighted by Gasteiger charge is -2.37. The van der Waals surface area contributed by atoms with Crippen molar-refractivity contribution in [1.29, 1.82) is 0 Å². The molecule has 7 heteroatoms. The van der Waals surface area contributed by atoms with Crippen LogP contribution in [0.3, 0.4) is 0 Å². The molecule has 1 saturated carbocycles. The molecule has 2 unspecified atom stereocenters. The number of alkyl halides is 1. The molecule has 2 atom stereocenters. The van der Waals surface area contributed by atoms with Gasteiger partial charge in [-0.3, -0.25) is 9.89 Å². The van der Waals surface area contributed by atoms with E-state index in [-0.39, 0.29) is 12.0 Å². The number of H-pyrrole nitrogens is 1. The zero-order valence-electron chi connectivity index (χ0n) is 15.4. The van der Waals surface area contributed by atoms with Gasteiger partial charge in [0.1, 0.15) is 17.5 Å². The second-order valence-electron chi connectivity index (χ2n) is 7.30. The van der Waals surface area contributed by atoms with E-state index in [0.29, 0.717) is 53.6 Å². The lowest BCUT2D eigenvalue weighted by atomic mass is 9.75. The van der Waals surface area contributed by atoms with Crippen LogP contribution in [0.15, 0.2) is 0 Å². The van der Waals surface area contributed by atoms with Gasteiger partial charge in [-0.25, -0.2) is 4.79 Å². The molecule has 0 aliphatic heterocycles. The van der Waals surface area contributed by atoms with Crippen LogP contribution in [0, 0.1) is 24.7 Å². The van der Waals surface area contributed by atoms with Crippen LogP contribution in [0.5, 0.6) is 0 Å². The molecule has 0 saturated heterocycles. The summed E-state index contributed by atoms with van der Waals surface area (Å²) < 4.78 is 5.82. The summed E-state index contributed by atoms with van der Waals surface area (Å²) in [5.41, 5.74) is 0.819. The summed E-state index contributed by atoms with van der Waals surface area (Å²) in [5, 5.41) is 9.46. The van der Waals surface area contributed by atoms with Gasteiger partial charge in [-0.05, 0) is 43.9 Å². The van der Waals surface area contributed by atoms with Crippen molar-refractivity contribution in [3.8, 4) is 0 Å². The minimum atomic E-state index is -0.433. The van der Waals surface area contributed by atoms with Crippen molar-refractivity contribution in [3.05, 3.63) is 11.3 Å². The van der Waals surface area contributed by atoms with Crippen LogP contribution in [0.4, 0.5) is 5.82 Å². The highest BCUT2D eigenvalue weighted by atomic mass is 35.5. The van der Waals surface area contributed by atoms with Crippen LogP contribution in [0.1, 0.15) is 62.5 Å². The molecule has 1 aliphatic rings. The van der Waals surface area contributed by atoms with Crippen molar-refractivity contribution >= 4 is 29.3 Å². The van der Waals surface area contributed by atoms with Gasteiger partial charge in [0.2, 0.25) is 5.91 Å². The number of aryl methyl sites for hydroxylation is 1. The van der Waals surface area contributed by atoms with Crippen LogP contribution < -0.4 is 5.32 Å². The maximum Gasteiger partial charge on any atom is 0.344 e. The van der Waals surface area contributed by atoms with Gasteiger partial charge < -0.3 is 10.1 Å². The Bertz CT molecular complexity index is 605. The van der Waals surface area contributed by atoms with Crippen LogP contribution in [-0.4, -0.2) is 34.1 Å². The first-order valence-corrected chi connectivity index (χ1v) is 9.48. The van der Waals surface area contributed by atoms with E-state index in [1.165, 1.54) is 0 Å². The molecule has 0 spiro atoms. The van der Waals surface area contributed by atoms with Gasteiger partial charge in [-0.15, -0.1) is 11.6 Å². The average molecular weight is 370 g/mol. The maximum absolute atomic E-state index is 12.7. The number of ether oxygens (including phenoxy) is 1. The highest BCUT2D eigenvalue weighted by Gasteiger charge is 2.35. The van der Waals surface area contributed by atoms with Gasteiger partial charge in [-0.1, -0.05) is 20.8 Å². The summed E-state index contributed by atoms with van der Waals surface area (Å²) >= 11 is 5.61. The van der Waals surface area contributed by atoms with Crippen LogP contribution in [0.25, 0.3) is 0 Å². The number of nitrogens with one attached hydrogen (secondary N) is 2. The molecule has 2 rings (SSSR count). The summed E-state index contributed by atoms with van der Waals surface area (Å²) in [6, 6.07) is 0. The Balaban J connectivity index is 2.09. The molecular formula is C18H28ClN3O3. The summed E-state index contributed by atoms with van der Waals surface area (Å²) in [4.78, 5) is 24.6. The van der Waals surface area contributed by atoms with Gasteiger partial charge in [0, 0.05) is 12.3 Å². The molecule has 0 radical (unpaired) electrons. The molecule has 2 N–H and O–H groups in total. The van der Waals surface area contributed by atoms with E-state index >= 15 is 0 Å². The fourth-order valence-electron chi connectivity index (χ4n) is 3.81. The number of rotatable bonds is 6. The molecule has 1 aromatic rings. The fourth-order valence-corrected chi connectivity index (χ4v) is 3.95. The molecule has 1 aliphatic carbocycles. The number of halogens is 1. The van der Waals surface area contributed by atoms with Gasteiger partial charge >= 0.3 is 5.97 Å². The van der Waals surface area contributed by atoms with Crippen molar-refractivity contribution in [2.75, 3.05) is 11.2 Å². The highest BCUT2D eigenvalue weighted by Crippen LogP contribution is 2.35. The topological polar surface area (TPSA) is 84.1 Å². The lowest BCUT2D eigenvalue weighted by molar-refractivity contribution is -0.116. The molecule has 1 fully saturated rings. The first-order chi connectivity index (χ1) is 11.8. The predicted molar refractivity (Wildman–Crippen MR) is 97.8 cm³/mol. The van der Waals surface area contributed by atoms with E-state index in [9.17, 15) is 9.59 Å². The summed E-state index contributed by atoms with van der Waals surface area (Å²) in [6.07, 6.45) is 2.86. The molecule has 1 aromatic heterocycles. The highest BCUT2D eigenvalue weighted by molar-refractivity contribution is 6.18. The zero-order valence-corrected chi connectivity index (χ0v) is 16.2. The first kappa shape index (κ1) is 19.8. The number of aromatic nitrogens is 2. The zero-order chi connectivity index (χ0) is 18.6. The van der Waals surface area contributed by atoms with Gasteiger partial charge in [-0.2, -0.15) is 5.10 Å². The SMILES string of the molecule is Cc1n[nH]c(NC(=O)CCCCl)c1C(=O)OC1C(C)CC(C)CC1C. The number of anilines is 1. The molecule has 1 heterocycles. The normalized spacial score (nSPS) is 26.3. The van der Waals surface area contributed by atoms with E-state index in [1.807, 2.05) is 0 Å². The monoisotopic (exact) mass is 369 g/mol. The number of aromatic amines is 1. The number of hydrogen-bond acceptors (Lipinski definition) is 4. The number of esters is 1. The van der Waals surface area contributed by atoms with Crippen molar-refractivity contribution in [1.82, 2.24) is 10.2 Å². The van der Waals surface area contributed by atoms with Crippen molar-refractivity contribution in [3.63, 3.8) is 0 Å². The average Bonchev–Trinajstić information content (AvgIpc) is 2.89. The van der Waals surface area contributed by atoms with E-state index in [2.05, 4.69) is 36.3 Å². The molecule has 0 aromatic carbocycles. The van der Waals surface area contributed by atoms with E-state index in [1.54, 1.807) is 6.92 Å². The molecule has 1 amide bonds. The van der Waals surface area contributed by atoms with Crippen LogP contribution in [0.2, 0.25) is 0 Å². The molecule has 25 heavy (non-hydrogen) atoms. The minimum absolute atomic E-state index is 0.113. The van der Waals surface area contributed by atoms with E-state index in [0.717, 1.165) is 12.8 Å². The minimum Gasteiger partial charge on any atom is -0.458 e. The van der Waals surface area contributed by atoms with Crippen LogP contribution in [-0.2, 0) is 9.53 Å². The summed E-state index contributed by atoms with van der Waals surface area (Å²) in [6.45, 7) is 8.21. The first-order valence-electron chi connectivity index (χ1n) is 8.95. The Morgan fingerprint density at radius 2 is 1.92 bits per heavy atom. The number of amides is 1. The summed E-state index contributed by atoms with van der Waals surface area (Å²) in [7, 11) is 0. The van der Waals surface area contributed by atoms with E-state index < -0.39 is 5.97 Å². The third-order valence-electron chi connectivity index (χ3n) is 4.87. The second kappa shape index (κ2) is 8.70. The largest absolute Gasteiger partial charge is 0.458 e. The van der Waals surface area contributed by atoms with Crippen molar-refractivity contribution < 1.29 is 14.3 Å². The Hall–Kier alpha value is -1.56. The Morgan fingerprint density at radius 3 is 2.52 bits per heavy atom. The molecule has 0 bridgehead atoms. The van der Waals surface area contributed by atoms with Crippen molar-refractivity contribution in [2.24, 2.45) is 17.8 Å². The number of hydrogen-bond donors (Lipinski definition) is 2. The lowest BCUT2D eigenvalue weighted by Crippen LogP contribution is -2.37. The Labute approximate surface area is 154 Å². The number of nitrogens with zero attached hydrogens (tertiary/aromatic N) is 1. The number of carbonyl (C=O) groups is 2. The standard InChI is InChI=1S/C18H28ClN3O3/c1-10-8-11(2)16(12(3)9-10)25-18(24)15-13(4)21-22-17(15)20-14(23)6-5-7-19/h10-12,16H,5-9H2,1-4H3,(H2,20,21,22,23). The van der Waals surface area contributed by atoms with Crippen molar-refractivity contribution in [2.45, 2.75) is 59.5 Å². The third kappa shape index (κ3) is 4.97. The summed E-state index contributed by atoms with van der Waals surface area (Å²) in [5.74, 6) is 1.36. The smallest absolute Gasteiger partial charge is 0.344 e. The fraction of sp³-hybridized carbons (Fsp3) is 0.722. The van der Waals surface area contributed by atoms with Gasteiger partial charge in [0.15, 0.2) is 0 Å². The Kier molecular flexibility index (Phi) is 6.87. The van der Waals surface area contributed by atoms with Gasteiger partial charge in [0.05, 0.1) is 5.69 Å². The van der Waals surface area contributed by atoms with Gasteiger partial charge in [0.25, 0.3) is 0 Å². The van der Waals surface area contributed by atoms with Crippen LogP contribution >= 0.6 is 11.6 Å². The maximum atomic E-state index is 12.7.